The Bertz CT molecular complexity index is 276. The summed E-state index contributed by atoms with van der Waals surface area (Å²) < 4.78 is 0. The molecule has 1 aromatic carbocycles. The van der Waals surface area contributed by atoms with Gasteiger partial charge in [-0.2, -0.15) is 0 Å². The normalized spacial score (nSPS) is 10.2. The number of hydrogen-bond donors (Lipinski definition) is 2. The molecule has 0 heterocycles. The van der Waals surface area contributed by atoms with Crippen LogP contribution in [0, 0.1) is 6.92 Å². The number of rotatable bonds is 5. The third-order valence-electron chi connectivity index (χ3n) is 2.14. The van der Waals surface area contributed by atoms with Gasteiger partial charge in [0.15, 0.2) is 0 Å². The van der Waals surface area contributed by atoms with Gasteiger partial charge >= 0.3 is 0 Å². The lowest BCUT2D eigenvalue weighted by atomic mass is 10.2. The van der Waals surface area contributed by atoms with Crippen molar-refractivity contribution in [3.63, 3.8) is 0 Å². The predicted molar refractivity (Wildman–Crippen MR) is 59.3 cm³/mol. The van der Waals surface area contributed by atoms with Crippen LogP contribution in [0.1, 0.15) is 12.5 Å². The maximum Gasteiger partial charge on any atom is 0.0574 e. The fourth-order valence-electron chi connectivity index (χ4n) is 1.42. The van der Waals surface area contributed by atoms with E-state index in [2.05, 4.69) is 31.4 Å². The summed E-state index contributed by atoms with van der Waals surface area (Å²) in [6.45, 7) is 5.78. The molecule has 3 heteroatoms. The Morgan fingerprint density at radius 1 is 1.36 bits per heavy atom. The molecule has 78 valence electrons. The summed E-state index contributed by atoms with van der Waals surface area (Å²) in [5.74, 6) is 0. The highest BCUT2D eigenvalue weighted by Gasteiger charge is 2.04. The predicted octanol–water partition coefficient (Wildman–Crippen LogP) is 1.32. The van der Waals surface area contributed by atoms with Crippen molar-refractivity contribution in [3.8, 4) is 0 Å². The van der Waals surface area contributed by atoms with Gasteiger partial charge in [-0.05, 0) is 25.5 Å². The molecule has 0 fully saturated rings. The van der Waals surface area contributed by atoms with Crippen molar-refractivity contribution in [2.75, 3.05) is 24.7 Å². The number of aryl methyl sites for hydroxylation is 1. The maximum absolute atomic E-state index is 8.74. The van der Waals surface area contributed by atoms with Gasteiger partial charge in [-0.1, -0.05) is 18.2 Å². The van der Waals surface area contributed by atoms with Crippen molar-refractivity contribution in [1.29, 1.82) is 0 Å². The number of benzene rings is 1. The van der Waals surface area contributed by atoms with Gasteiger partial charge in [0.2, 0.25) is 0 Å². The van der Waals surface area contributed by atoms with E-state index in [9.17, 15) is 0 Å². The van der Waals surface area contributed by atoms with Gasteiger partial charge in [0.1, 0.15) is 0 Å². The summed E-state index contributed by atoms with van der Waals surface area (Å²) in [5.41, 5.74) is 5.57. The topological polar surface area (TPSA) is 35.5 Å². The van der Waals surface area contributed by atoms with Crippen LogP contribution < -0.4 is 10.4 Å². The van der Waals surface area contributed by atoms with Gasteiger partial charge in [-0.15, -0.1) is 0 Å². The molecular weight excluding hydrogens is 176 g/mol. The first-order chi connectivity index (χ1) is 6.79. The van der Waals surface area contributed by atoms with Crippen molar-refractivity contribution in [2.45, 2.75) is 13.8 Å². The lowest BCUT2D eigenvalue weighted by Gasteiger charge is -2.25. The van der Waals surface area contributed by atoms with Crippen LogP contribution in [-0.4, -0.2) is 24.8 Å². The number of aliphatic hydroxyl groups excluding tert-OH is 1. The van der Waals surface area contributed by atoms with Crippen molar-refractivity contribution in [3.05, 3.63) is 29.8 Å². The van der Waals surface area contributed by atoms with E-state index in [0.29, 0.717) is 6.54 Å². The van der Waals surface area contributed by atoms with Crippen LogP contribution in [0.15, 0.2) is 24.3 Å². The van der Waals surface area contributed by atoms with Crippen LogP contribution >= 0.6 is 0 Å². The molecule has 0 amide bonds. The number of nitrogens with zero attached hydrogens (tertiary/aromatic N) is 1. The van der Waals surface area contributed by atoms with E-state index in [1.165, 1.54) is 11.3 Å². The Morgan fingerprint density at radius 2 is 2.07 bits per heavy atom. The smallest absolute Gasteiger partial charge is 0.0574 e. The molecule has 0 aliphatic carbocycles. The second-order valence-electron chi connectivity index (χ2n) is 3.16. The summed E-state index contributed by atoms with van der Waals surface area (Å²) >= 11 is 0. The first-order valence-electron chi connectivity index (χ1n) is 4.97. The highest BCUT2D eigenvalue weighted by molar-refractivity contribution is 5.51. The Kier molecular flexibility index (Phi) is 4.43. The molecule has 1 aromatic rings. The first kappa shape index (κ1) is 11.0. The number of hydrazine groups is 1. The number of nitrogens with one attached hydrogen (secondary N) is 1. The molecule has 3 nitrogen and oxygen atoms in total. The first-order valence-corrected chi connectivity index (χ1v) is 4.97. The number of para-hydroxylation sites is 1. The highest BCUT2D eigenvalue weighted by Crippen LogP contribution is 2.16. The zero-order valence-corrected chi connectivity index (χ0v) is 8.83. The molecule has 0 unspecified atom stereocenters. The summed E-state index contributed by atoms with van der Waals surface area (Å²) in [6.07, 6.45) is 0. The fraction of sp³-hybridized carbons (Fsp3) is 0.455. The van der Waals surface area contributed by atoms with E-state index < -0.39 is 0 Å². The van der Waals surface area contributed by atoms with Crippen LogP contribution in [0.5, 0.6) is 0 Å². The monoisotopic (exact) mass is 194 g/mol. The standard InChI is InChI=1S/C11H18N2O/c1-3-13(12-8-9-14)11-7-5-4-6-10(11)2/h4-7,12,14H,3,8-9H2,1-2H3. The zero-order chi connectivity index (χ0) is 10.4. The Morgan fingerprint density at radius 3 is 2.64 bits per heavy atom. The summed E-state index contributed by atoms with van der Waals surface area (Å²) in [4.78, 5) is 0. The van der Waals surface area contributed by atoms with E-state index in [1.807, 2.05) is 17.1 Å². The van der Waals surface area contributed by atoms with Crippen LogP contribution in [-0.2, 0) is 0 Å². The van der Waals surface area contributed by atoms with E-state index in [0.717, 1.165) is 6.54 Å². The summed E-state index contributed by atoms with van der Waals surface area (Å²) in [7, 11) is 0. The van der Waals surface area contributed by atoms with Crippen LogP contribution in [0.4, 0.5) is 5.69 Å². The van der Waals surface area contributed by atoms with Gasteiger partial charge in [0, 0.05) is 13.1 Å². The van der Waals surface area contributed by atoms with E-state index in [-0.39, 0.29) is 6.61 Å². The van der Waals surface area contributed by atoms with Gasteiger partial charge in [0.25, 0.3) is 0 Å². The Hall–Kier alpha value is -1.06. The van der Waals surface area contributed by atoms with Crippen LogP contribution in [0.2, 0.25) is 0 Å². The van der Waals surface area contributed by atoms with Gasteiger partial charge in [-0.25, -0.2) is 5.43 Å². The molecular formula is C11H18N2O. The average Bonchev–Trinajstić information content (AvgIpc) is 2.21. The van der Waals surface area contributed by atoms with Crippen molar-refractivity contribution >= 4 is 5.69 Å². The van der Waals surface area contributed by atoms with Gasteiger partial charge < -0.3 is 10.1 Å². The second-order valence-corrected chi connectivity index (χ2v) is 3.16. The minimum Gasteiger partial charge on any atom is -0.395 e. The molecule has 0 saturated carbocycles. The molecule has 2 N–H and O–H groups in total. The SMILES string of the molecule is CCN(NCCO)c1ccccc1C. The third kappa shape index (κ3) is 2.72. The second kappa shape index (κ2) is 5.62. The van der Waals surface area contributed by atoms with Crippen molar-refractivity contribution < 1.29 is 5.11 Å². The van der Waals surface area contributed by atoms with Crippen LogP contribution in [0.3, 0.4) is 0 Å². The third-order valence-corrected chi connectivity index (χ3v) is 2.14. The molecule has 1 rings (SSSR count). The minimum absolute atomic E-state index is 0.155. The number of aliphatic hydroxyl groups is 1. The average molecular weight is 194 g/mol. The molecule has 14 heavy (non-hydrogen) atoms. The molecule has 0 saturated heterocycles. The van der Waals surface area contributed by atoms with E-state index >= 15 is 0 Å². The lowest BCUT2D eigenvalue weighted by molar-refractivity contribution is 0.290. The number of anilines is 1. The molecule has 0 atom stereocenters. The lowest BCUT2D eigenvalue weighted by Crippen LogP contribution is -2.40. The van der Waals surface area contributed by atoms with Gasteiger partial charge in [0.05, 0.1) is 12.3 Å². The Balaban J connectivity index is 2.73. The Labute approximate surface area is 85.3 Å². The molecule has 0 aliphatic rings. The summed E-state index contributed by atoms with van der Waals surface area (Å²) in [6, 6.07) is 8.20. The van der Waals surface area contributed by atoms with E-state index in [4.69, 9.17) is 5.11 Å². The largest absolute Gasteiger partial charge is 0.395 e. The maximum atomic E-state index is 8.74. The van der Waals surface area contributed by atoms with Crippen LogP contribution in [0.25, 0.3) is 0 Å². The molecule has 0 bridgehead atoms. The zero-order valence-electron chi connectivity index (χ0n) is 8.83. The summed E-state index contributed by atoms with van der Waals surface area (Å²) in [5, 5.41) is 10.8. The fourth-order valence-corrected chi connectivity index (χ4v) is 1.42. The highest BCUT2D eigenvalue weighted by atomic mass is 16.3. The molecule has 0 radical (unpaired) electrons. The van der Waals surface area contributed by atoms with Crippen molar-refractivity contribution in [2.24, 2.45) is 0 Å². The quantitative estimate of drug-likeness (QED) is 0.694. The van der Waals surface area contributed by atoms with Crippen molar-refractivity contribution in [1.82, 2.24) is 5.43 Å². The number of hydrogen-bond acceptors (Lipinski definition) is 3. The molecule has 0 aromatic heterocycles. The minimum atomic E-state index is 0.155. The molecule has 0 spiro atoms. The molecule has 0 aliphatic heterocycles. The van der Waals surface area contributed by atoms with E-state index in [1.54, 1.807) is 0 Å². The van der Waals surface area contributed by atoms with Gasteiger partial charge in [-0.3, -0.25) is 0 Å².